The summed E-state index contributed by atoms with van der Waals surface area (Å²) in [5.41, 5.74) is 2.22. The van der Waals surface area contributed by atoms with E-state index in [1.807, 2.05) is 6.92 Å². The van der Waals surface area contributed by atoms with Gasteiger partial charge in [-0.1, -0.05) is 36.2 Å². The summed E-state index contributed by atoms with van der Waals surface area (Å²) < 4.78 is 42.7. The number of hydrogen-bond donors (Lipinski definition) is 0. The van der Waals surface area contributed by atoms with Crippen LogP contribution in [0.25, 0.3) is 0 Å². The number of carbonyl (C=O) groups is 1. The predicted molar refractivity (Wildman–Crippen MR) is 149 cm³/mol. The van der Waals surface area contributed by atoms with Crippen LogP contribution in [-0.2, 0) is 25.5 Å². The molecular formula is C28H29ClN2O8S. The van der Waals surface area contributed by atoms with E-state index in [0.717, 1.165) is 11.1 Å². The van der Waals surface area contributed by atoms with Crippen LogP contribution < -0.4 is 9.64 Å². The average molecular weight is 589 g/mol. The van der Waals surface area contributed by atoms with Crippen LogP contribution >= 0.6 is 11.6 Å². The Hall–Kier alpha value is -3.51. The van der Waals surface area contributed by atoms with Gasteiger partial charge < -0.3 is 14.4 Å². The van der Waals surface area contributed by atoms with Gasteiger partial charge in [-0.25, -0.2) is 4.18 Å². The number of nitrogens with zero attached hydrogens (tertiary/aromatic N) is 2. The van der Waals surface area contributed by atoms with Crippen molar-refractivity contribution >= 4 is 39.0 Å². The molecule has 10 nitrogen and oxygen atoms in total. The number of ether oxygens (including phenoxy) is 2. The first-order valence-corrected chi connectivity index (χ1v) is 14.4. The molecule has 0 saturated carbocycles. The van der Waals surface area contributed by atoms with E-state index < -0.39 is 33.3 Å². The number of halogens is 1. The standard InChI is InChI=1S/C28H29ClN2O8S/c1-4-27(39-40(35,36)23-11-5-18(2)6-12-23)38-22-10-7-19-15-20(29)8-14-25(19)30(17-22)28(32)24-13-9-21(31(33)34)16-26(24)37-3/h5-6,8-9,11-16,22,27H,4,7,10,17H2,1-3H3. The van der Waals surface area contributed by atoms with Crippen molar-refractivity contribution in [1.82, 2.24) is 0 Å². The first-order valence-electron chi connectivity index (χ1n) is 12.6. The van der Waals surface area contributed by atoms with E-state index in [-0.39, 0.29) is 34.9 Å². The fraction of sp³-hybridized carbons (Fsp3) is 0.321. The third kappa shape index (κ3) is 6.61. The maximum Gasteiger partial charge on any atom is 0.299 e. The molecule has 40 heavy (non-hydrogen) atoms. The normalized spacial score (nSPS) is 16.1. The minimum Gasteiger partial charge on any atom is -0.496 e. The molecule has 2 atom stereocenters. The third-order valence-electron chi connectivity index (χ3n) is 6.55. The molecule has 212 valence electrons. The number of anilines is 1. The molecule has 0 bridgehead atoms. The second-order valence-corrected chi connectivity index (χ2v) is 11.3. The topological polar surface area (TPSA) is 125 Å². The van der Waals surface area contributed by atoms with Gasteiger partial charge in [0.15, 0.2) is 6.29 Å². The molecule has 1 amide bonds. The highest BCUT2D eigenvalue weighted by molar-refractivity contribution is 7.86. The van der Waals surface area contributed by atoms with E-state index in [0.29, 0.717) is 23.6 Å². The molecule has 12 heteroatoms. The van der Waals surface area contributed by atoms with Crippen molar-refractivity contribution in [3.8, 4) is 5.75 Å². The number of non-ortho nitro benzene ring substituents is 1. The summed E-state index contributed by atoms with van der Waals surface area (Å²) in [6.07, 6.45) is -0.490. The summed E-state index contributed by atoms with van der Waals surface area (Å²) in [6, 6.07) is 15.3. The maximum atomic E-state index is 13.9. The zero-order valence-electron chi connectivity index (χ0n) is 22.2. The summed E-state index contributed by atoms with van der Waals surface area (Å²) in [7, 11) is -2.77. The Kier molecular flexibility index (Phi) is 9.09. The number of nitro groups is 1. The molecule has 0 fully saturated rings. The van der Waals surface area contributed by atoms with E-state index in [4.69, 9.17) is 25.3 Å². The van der Waals surface area contributed by atoms with Crippen molar-refractivity contribution in [1.29, 1.82) is 0 Å². The number of nitro benzene ring substituents is 1. The van der Waals surface area contributed by atoms with Gasteiger partial charge in [-0.2, -0.15) is 8.42 Å². The Morgan fingerprint density at radius 1 is 1.15 bits per heavy atom. The molecule has 1 aliphatic rings. The smallest absolute Gasteiger partial charge is 0.299 e. The number of hydrogen-bond acceptors (Lipinski definition) is 8. The van der Waals surface area contributed by atoms with Gasteiger partial charge in [-0.15, -0.1) is 0 Å². The van der Waals surface area contributed by atoms with Gasteiger partial charge in [0.05, 0.1) is 41.2 Å². The van der Waals surface area contributed by atoms with Gasteiger partial charge in [0.25, 0.3) is 21.7 Å². The van der Waals surface area contributed by atoms with E-state index >= 15 is 0 Å². The average Bonchev–Trinajstić information content (AvgIpc) is 3.11. The summed E-state index contributed by atoms with van der Waals surface area (Å²) >= 11 is 6.25. The zero-order valence-corrected chi connectivity index (χ0v) is 23.8. The van der Waals surface area contributed by atoms with Crippen molar-refractivity contribution in [3.63, 3.8) is 0 Å². The highest BCUT2D eigenvalue weighted by Crippen LogP contribution is 2.34. The van der Waals surface area contributed by atoms with E-state index in [1.54, 1.807) is 37.3 Å². The quantitative estimate of drug-likeness (QED) is 0.135. The molecule has 0 saturated heterocycles. The summed E-state index contributed by atoms with van der Waals surface area (Å²) in [5.74, 6) is -0.414. The van der Waals surface area contributed by atoms with Crippen LogP contribution in [0.3, 0.4) is 0 Å². The van der Waals surface area contributed by atoms with Crippen LogP contribution in [0.1, 0.15) is 41.3 Å². The van der Waals surface area contributed by atoms with Gasteiger partial charge in [0, 0.05) is 16.8 Å². The second kappa shape index (κ2) is 12.3. The van der Waals surface area contributed by atoms with E-state index in [1.165, 1.54) is 42.3 Å². The molecule has 3 aromatic carbocycles. The fourth-order valence-electron chi connectivity index (χ4n) is 4.45. The number of methoxy groups -OCH3 is 1. The predicted octanol–water partition coefficient (Wildman–Crippen LogP) is 5.69. The fourth-order valence-corrected chi connectivity index (χ4v) is 5.69. The first kappa shape index (κ1) is 29.5. The van der Waals surface area contributed by atoms with Crippen molar-refractivity contribution in [2.45, 2.75) is 50.4 Å². The van der Waals surface area contributed by atoms with Crippen LogP contribution in [0.15, 0.2) is 65.6 Å². The number of carbonyl (C=O) groups excluding carboxylic acids is 1. The lowest BCUT2D eigenvalue weighted by molar-refractivity contribution is -0.384. The minimum absolute atomic E-state index is 0.0186. The highest BCUT2D eigenvalue weighted by Gasteiger charge is 2.32. The van der Waals surface area contributed by atoms with Crippen LogP contribution in [0, 0.1) is 17.0 Å². The number of amides is 1. The van der Waals surface area contributed by atoms with Crippen LogP contribution in [0.4, 0.5) is 11.4 Å². The third-order valence-corrected chi connectivity index (χ3v) is 8.10. The Balaban J connectivity index is 1.63. The van der Waals surface area contributed by atoms with E-state index in [9.17, 15) is 23.3 Å². The van der Waals surface area contributed by atoms with Crippen LogP contribution in [0.5, 0.6) is 5.75 Å². The van der Waals surface area contributed by atoms with Gasteiger partial charge in [0.2, 0.25) is 0 Å². The molecule has 0 spiro atoms. The lowest BCUT2D eigenvalue weighted by Crippen LogP contribution is -2.40. The Labute approximate surface area is 237 Å². The van der Waals surface area contributed by atoms with Gasteiger partial charge in [0.1, 0.15) is 5.75 Å². The zero-order chi connectivity index (χ0) is 29.0. The molecule has 0 aromatic heterocycles. The van der Waals surface area contributed by atoms with E-state index in [2.05, 4.69) is 0 Å². The minimum atomic E-state index is -4.10. The van der Waals surface area contributed by atoms with Crippen molar-refractivity contribution in [2.24, 2.45) is 0 Å². The monoisotopic (exact) mass is 588 g/mol. The van der Waals surface area contributed by atoms with Crippen molar-refractivity contribution in [2.75, 3.05) is 18.6 Å². The number of rotatable bonds is 9. The molecule has 0 aliphatic carbocycles. The van der Waals surface area contributed by atoms with Crippen molar-refractivity contribution < 1.29 is 31.8 Å². The Morgan fingerprint density at radius 3 is 2.52 bits per heavy atom. The van der Waals surface area contributed by atoms with Crippen LogP contribution in [0.2, 0.25) is 5.02 Å². The van der Waals surface area contributed by atoms with Gasteiger partial charge in [-0.3, -0.25) is 14.9 Å². The number of benzene rings is 3. The molecule has 1 heterocycles. The maximum absolute atomic E-state index is 13.9. The molecule has 4 rings (SSSR count). The summed E-state index contributed by atoms with van der Waals surface area (Å²) in [6.45, 7) is 3.66. The largest absolute Gasteiger partial charge is 0.496 e. The Morgan fingerprint density at radius 2 is 1.88 bits per heavy atom. The molecule has 2 unspecified atom stereocenters. The lowest BCUT2D eigenvalue weighted by Gasteiger charge is -2.28. The number of fused-ring (bicyclic) bond motifs is 1. The Bertz CT molecular complexity index is 1510. The molecular weight excluding hydrogens is 560 g/mol. The molecule has 3 aromatic rings. The first-order chi connectivity index (χ1) is 19.0. The van der Waals surface area contributed by atoms with Gasteiger partial charge in [-0.05, 0) is 68.1 Å². The second-order valence-electron chi connectivity index (χ2n) is 9.33. The lowest BCUT2D eigenvalue weighted by atomic mass is 10.1. The summed E-state index contributed by atoms with van der Waals surface area (Å²) in [4.78, 5) is 26.0. The molecule has 0 N–H and O–H groups in total. The highest BCUT2D eigenvalue weighted by atomic mass is 35.5. The SMILES string of the molecule is CCC(OC1CCc2cc(Cl)ccc2N(C(=O)c2ccc([N+](=O)[O-])cc2OC)C1)OS(=O)(=O)c1ccc(C)cc1. The van der Waals surface area contributed by atoms with Crippen molar-refractivity contribution in [3.05, 3.63) is 92.5 Å². The molecule has 1 aliphatic heterocycles. The van der Waals surface area contributed by atoms with Gasteiger partial charge >= 0.3 is 0 Å². The summed E-state index contributed by atoms with van der Waals surface area (Å²) in [5, 5.41) is 11.7. The van der Waals surface area contributed by atoms with Crippen LogP contribution in [-0.4, -0.2) is 45.3 Å². The molecule has 0 radical (unpaired) electrons. The number of aryl methyl sites for hydroxylation is 2.